The molecule has 4 heteroatoms. The number of carbonyl (C=O) groups is 1. The Morgan fingerprint density at radius 2 is 1.89 bits per heavy atom. The number of nitrogens with zero attached hydrogens (tertiary/aromatic N) is 3. The van der Waals surface area contributed by atoms with Gasteiger partial charge in [-0.15, -0.1) is 0 Å². The smallest absolute Gasteiger partial charge is 0.255 e. The van der Waals surface area contributed by atoms with Crippen LogP contribution in [0.1, 0.15) is 61.9 Å². The zero-order valence-corrected chi connectivity index (χ0v) is 16.8. The fourth-order valence-corrected chi connectivity index (χ4v) is 4.31. The Hall–Kier alpha value is -2.36. The van der Waals surface area contributed by atoms with E-state index in [2.05, 4.69) is 65.9 Å². The van der Waals surface area contributed by atoms with Gasteiger partial charge in [-0.2, -0.15) is 0 Å². The first-order valence-electron chi connectivity index (χ1n) is 10.3. The highest BCUT2D eigenvalue weighted by molar-refractivity contribution is 5.94. The summed E-state index contributed by atoms with van der Waals surface area (Å²) in [6.45, 7) is 9.13. The summed E-state index contributed by atoms with van der Waals surface area (Å²) in [5, 5.41) is 0. The summed E-state index contributed by atoms with van der Waals surface area (Å²) in [6.07, 6.45) is 4.93. The van der Waals surface area contributed by atoms with Crippen molar-refractivity contribution in [2.75, 3.05) is 24.5 Å². The number of pyridine rings is 1. The second-order valence-corrected chi connectivity index (χ2v) is 7.21. The minimum absolute atomic E-state index is 0.116. The van der Waals surface area contributed by atoms with Crippen molar-refractivity contribution in [3.63, 3.8) is 0 Å². The summed E-state index contributed by atoms with van der Waals surface area (Å²) in [5.41, 5.74) is 2.03. The number of rotatable bonds is 7. The van der Waals surface area contributed by atoms with Crippen molar-refractivity contribution in [2.24, 2.45) is 0 Å². The monoisotopic (exact) mass is 365 g/mol. The Morgan fingerprint density at radius 1 is 1.15 bits per heavy atom. The maximum Gasteiger partial charge on any atom is 0.255 e. The van der Waals surface area contributed by atoms with Crippen LogP contribution in [0.2, 0.25) is 0 Å². The number of benzene rings is 1. The molecule has 2 atom stereocenters. The topological polar surface area (TPSA) is 36.4 Å². The van der Waals surface area contributed by atoms with Gasteiger partial charge in [-0.05, 0) is 50.8 Å². The standard InChI is InChI=1S/C23H31N3O/c1-4-20(18-11-8-7-9-12-18)21-13-10-16-26(21)23(27)19-14-15-22(24-17-19)25(5-2)6-3/h7-9,11-12,14-15,17,20-21H,4-6,10,13,16H2,1-3H3/t20-,21+/m1/s1. The fourth-order valence-electron chi connectivity index (χ4n) is 4.31. The zero-order chi connectivity index (χ0) is 19.2. The van der Waals surface area contributed by atoms with Crippen LogP contribution in [0.15, 0.2) is 48.7 Å². The second-order valence-electron chi connectivity index (χ2n) is 7.21. The molecule has 0 bridgehead atoms. The van der Waals surface area contributed by atoms with Crippen LogP contribution >= 0.6 is 0 Å². The molecule has 1 amide bonds. The van der Waals surface area contributed by atoms with Crippen LogP contribution in [0.4, 0.5) is 5.82 Å². The Morgan fingerprint density at radius 3 is 2.48 bits per heavy atom. The third kappa shape index (κ3) is 4.15. The van der Waals surface area contributed by atoms with Crippen LogP contribution in [-0.2, 0) is 0 Å². The van der Waals surface area contributed by atoms with Crippen molar-refractivity contribution >= 4 is 11.7 Å². The van der Waals surface area contributed by atoms with Gasteiger partial charge in [0.1, 0.15) is 5.82 Å². The van der Waals surface area contributed by atoms with Crippen molar-refractivity contribution in [3.05, 3.63) is 59.8 Å². The molecule has 4 nitrogen and oxygen atoms in total. The number of hydrogen-bond donors (Lipinski definition) is 0. The van der Waals surface area contributed by atoms with Gasteiger partial charge in [-0.25, -0.2) is 4.98 Å². The van der Waals surface area contributed by atoms with E-state index < -0.39 is 0 Å². The van der Waals surface area contributed by atoms with Gasteiger partial charge in [0.2, 0.25) is 0 Å². The molecule has 0 N–H and O–H groups in total. The average Bonchev–Trinajstić information content (AvgIpc) is 3.20. The van der Waals surface area contributed by atoms with Crippen LogP contribution in [0.3, 0.4) is 0 Å². The van der Waals surface area contributed by atoms with Gasteiger partial charge in [-0.3, -0.25) is 4.79 Å². The molecular formula is C23H31N3O. The fraction of sp³-hybridized carbons (Fsp3) is 0.478. The zero-order valence-electron chi connectivity index (χ0n) is 16.8. The number of carbonyl (C=O) groups excluding carboxylic acids is 1. The van der Waals surface area contributed by atoms with E-state index in [4.69, 9.17) is 0 Å². The first kappa shape index (κ1) is 19.4. The summed E-state index contributed by atoms with van der Waals surface area (Å²) < 4.78 is 0. The largest absolute Gasteiger partial charge is 0.357 e. The molecular weight excluding hydrogens is 334 g/mol. The molecule has 2 aromatic rings. The van der Waals surface area contributed by atoms with E-state index >= 15 is 0 Å². The molecule has 1 fully saturated rings. The molecule has 1 aliphatic heterocycles. The maximum absolute atomic E-state index is 13.2. The highest BCUT2D eigenvalue weighted by Crippen LogP contribution is 2.34. The van der Waals surface area contributed by atoms with Gasteiger partial charge < -0.3 is 9.80 Å². The lowest BCUT2D eigenvalue weighted by Gasteiger charge is -2.32. The van der Waals surface area contributed by atoms with E-state index in [0.717, 1.165) is 44.7 Å². The highest BCUT2D eigenvalue weighted by atomic mass is 16.2. The van der Waals surface area contributed by atoms with Gasteiger partial charge in [0.25, 0.3) is 5.91 Å². The van der Waals surface area contributed by atoms with Gasteiger partial charge in [0.15, 0.2) is 0 Å². The summed E-state index contributed by atoms with van der Waals surface area (Å²) in [4.78, 5) is 22.0. The van der Waals surface area contributed by atoms with Crippen molar-refractivity contribution in [2.45, 2.75) is 52.0 Å². The van der Waals surface area contributed by atoms with E-state index in [1.54, 1.807) is 6.20 Å². The van der Waals surface area contributed by atoms with Crippen LogP contribution in [0.25, 0.3) is 0 Å². The van der Waals surface area contributed by atoms with Gasteiger partial charge in [0.05, 0.1) is 5.56 Å². The van der Waals surface area contributed by atoms with Crippen molar-refractivity contribution in [1.82, 2.24) is 9.88 Å². The molecule has 0 spiro atoms. The molecule has 1 aromatic heterocycles. The number of aromatic nitrogens is 1. The molecule has 0 aliphatic carbocycles. The summed E-state index contributed by atoms with van der Waals surface area (Å²) in [5.74, 6) is 1.44. The predicted octanol–water partition coefficient (Wildman–Crippen LogP) is 4.73. The average molecular weight is 366 g/mol. The van der Waals surface area contributed by atoms with Gasteiger partial charge in [-0.1, -0.05) is 37.3 Å². The molecule has 0 saturated carbocycles. The Bertz CT molecular complexity index is 725. The van der Waals surface area contributed by atoms with Gasteiger partial charge >= 0.3 is 0 Å². The lowest BCUT2D eigenvalue weighted by atomic mass is 9.87. The lowest BCUT2D eigenvalue weighted by Crippen LogP contribution is -2.39. The molecule has 27 heavy (non-hydrogen) atoms. The molecule has 144 valence electrons. The highest BCUT2D eigenvalue weighted by Gasteiger charge is 2.35. The van der Waals surface area contributed by atoms with E-state index in [1.165, 1.54) is 5.56 Å². The first-order valence-corrected chi connectivity index (χ1v) is 10.3. The third-order valence-corrected chi connectivity index (χ3v) is 5.77. The van der Waals surface area contributed by atoms with Crippen LogP contribution in [0.5, 0.6) is 0 Å². The predicted molar refractivity (Wildman–Crippen MR) is 111 cm³/mol. The van der Waals surface area contributed by atoms with E-state index in [0.29, 0.717) is 11.5 Å². The number of amides is 1. The Balaban J connectivity index is 1.79. The number of anilines is 1. The van der Waals surface area contributed by atoms with Crippen molar-refractivity contribution in [1.29, 1.82) is 0 Å². The summed E-state index contributed by atoms with van der Waals surface area (Å²) in [7, 11) is 0. The SMILES string of the molecule is CC[C@H](c1ccccc1)[C@@H]1CCCN1C(=O)c1ccc(N(CC)CC)nc1. The van der Waals surface area contributed by atoms with Crippen LogP contribution < -0.4 is 4.90 Å². The number of hydrogen-bond acceptors (Lipinski definition) is 3. The minimum Gasteiger partial charge on any atom is -0.357 e. The molecule has 1 aromatic carbocycles. The quantitative estimate of drug-likeness (QED) is 0.712. The maximum atomic E-state index is 13.2. The normalized spacial score (nSPS) is 17.7. The van der Waals surface area contributed by atoms with Crippen LogP contribution in [0, 0.1) is 0 Å². The molecule has 1 aliphatic rings. The van der Waals surface area contributed by atoms with Gasteiger partial charge in [0, 0.05) is 37.8 Å². The van der Waals surface area contributed by atoms with E-state index in [9.17, 15) is 4.79 Å². The Kier molecular flexibility index (Phi) is 6.49. The molecule has 0 unspecified atom stereocenters. The summed E-state index contributed by atoms with van der Waals surface area (Å²) >= 11 is 0. The summed E-state index contributed by atoms with van der Waals surface area (Å²) in [6, 6.07) is 14.8. The van der Waals surface area contributed by atoms with Crippen molar-refractivity contribution < 1.29 is 4.79 Å². The molecule has 3 rings (SSSR count). The number of likely N-dealkylation sites (tertiary alicyclic amines) is 1. The minimum atomic E-state index is 0.116. The van der Waals surface area contributed by atoms with Crippen molar-refractivity contribution in [3.8, 4) is 0 Å². The lowest BCUT2D eigenvalue weighted by molar-refractivity contribution is 0.0714. The first-order chi connectivity index (χ1) is 13.2. The van der Waals surface area contributed by atoms with E-state index in [1.807, 2.05) is 12.1 Å². The molecule has 1 saturated heterocycles. The molecule has 2 heterocycles. The second kappa shape index (κ2) is 9.03. The molecule has 0 radical (unpaired) electrons. The van der Waals surface area contributed by atoms with Crippen LogP contribution in [-0.4, -0.2) is 41.5 Å². The third-order valence-electron chi connectivity index (χ3n) is 5.77. The van der Waals surface area contributed by atoms with E-state index in [-0.39, 0.29) is 11.9 Å². The Labute approximate surface area is 163 Å².